The molecule has 0 aromatic rings. The quantitative estimate of drug-likeness (QED) is 0.441. The van der Waals surface area contributed by atoms with Crippen molar-refractivity contribution in [2.45, 2.75) is 32.1 Å². The van der Waals surface area contributed by atoms with E-state index in [2.05, 4.69) is 19.6 Å². The Morgan fingerprint density at radius 2 is 1.55 bits per heavy atom. The van der Waals surface area contributed by atoms with Gasteiger partial charge in [-0.3, -0.25) is 9.59 Å². The van der Waals surface area contributed by atoms with Crippen molar-refractivity contribution in [2.24, 2.45) is 5.92 Å². The first-order valence-electron chi connectivity index (χ1n) is 3.93. The molecule has 0 aromatic carbocycles. The van der Waals surface area contributed by atoms with Gasteiger partial charge < -0.3 is 0 Å². The van der Waals surface area contributed by atoms with E-state index < -0.39 is 8.07 Å². The van der Waals surface area contributed by atoms with E-state index in [-0.39, 0.29) is 23.0 Å². The molecule has 0 spiro atoms. The molecule has 3 heteroatoms. The first-order chi connectivity index (χ1) is 4.85. The van der Waals surface area contributed by atoms with E-state index in [1.807, 2.05) is 6.92 Å². The van der Waals surface area contributed by atoms with Gasteiger partial charge in [0.05, 0.1) is 8.07 Å². The highest BCUT2D eigenvalue weighted by molar-refractivity contribution is 6.85. The van der Waals surface area contributed by atoms with Gasteiger partial charge >= 0.3 is 0 Å². The highest BCUT2D eigenvalue weighted by Crippen LogP contribution is 2.40. The van der Waals surface area contributed by atoms with Gasteiger partial charge in [0, 0.05) is 11.5 Å². The fourth-order valence-electron chi connectivity index (χ4n) is 1.80. The second kappa shape index (κ2) is 2.27. The molecule has 0 amide bonds. The second-order valence-electron chi connectivity index (χ2n) is 4.36. The summed E-state index contributed by atoms with van der Waals surface area (Å²) in [5.41, 5.74) is 0.0926. The number of rotatable bonds is 1. The van der Waals surface area contributed by atoms with Gasteiger partial charge in [0.25, 0.3) is 0 Å². The van der Waals surface area contributed by atoms with Gasteiger partial charge in [0.15, 0.2) is 5.78 Å². The molecule has 1 aliphatic rings. The molecule has 0 aliphatic heterocycles. The summed E-state index contributed by atoms with van der Waals surface area (Å²) < 4.78 is 0. The van der Waals surface area contributed by atoms with Crippen molar-refractivity contribution in [3.05, 3.63) is 0 Å². The van der Waals surface area contributed by atoms with Crippen molar-refractivity contribution < 1.29 is 9.59 Å². The summed E-state index contributed by atoms with van der Waals surface area (Å²) >= 11 is 0. The Morgan fingerprint density at radius 3 is 1.73 bits per heavy atom. The smallest absolute Gasteiger partial charge is 0.201 e. The molecule has 2 nitrogen and oxygen atoms in total. The zero-order valence-corrected chi connectivity index (χ0v) is 8.47. The molecule has 1 saturated carbocycles. The molecule has 62 valence electrons. The first kappa shape index (κ1) is 8.65. The molecule has 0 radical (unpaired) electrons. The number of carbonyl (C=O) groups is 2. The maximum Gasteiger partial charge on any atom is 0.201 e. The van der Waals surface area contributed by atoms with E-state index in [4.69, 9.17) is 0 Å². The lowest BCUT2D eigenvalue weighted by molar-refractivity contribution is -0.146. The summed E-state index contributed by atoms with van der Waals surface area (Å²) in [4.78, 5) is 22.0. The van der Waals surface area contributed by atoms with Crippen LogP contribution in [-0.2, 0) is 9.59 Å². The van der Waals surface area contributed by atoms with Crippen molar-refractivity contribution in [1.29, 1.82) is 0 Å². The van der Waals surface area contributed by atoms with E-state index in [0.717, 1.165) is 0 Å². The van der Waals surface area contributed by atoms with Crippen LogP contribution in [0, 0.1) is 5.92 Å². The van der Waals surface area contributed by atoms with Crippen molar-refractivity contribution in [2.75, 3.05) is 0 Å². The number of hydrogen-bond donors (Lipinski definition) is 0. The Labute approximate surface area is 68.0 Å². The minimum atomic E-state index is -1.41. The summed E-state index contributed by atoms with van der Waals surface area (Å²) in [6.07, 6.45) is 0. The van der Waals surface area contributed by atoms with Crippen LogP contribution in [0.3, 0.4) is 0 Å². The maximum atomic E-state index is 11.1. The van der Waals surface area contributed by atoms with Gasteiger partial charge in [-0.15, -0.1) is 0 Å². The molecular formula is C8H14O2Si. The van der Waals surface area contributed by atoms with Crippen molar-refractivity contribution in [3.63, 3.8) is 0 Å². The van der Waals surface area contributed by atoms with Crippen LogP contribution in [0.15, 0.2) is 0 Å². The molecule has 1 fully saturated rings. The normalized spacial score (nSPS) is 32.0. The number of Topliss-reactive ketones (excluding diaryl/α,β-unsaturated/α-hetero) is 2. The molecule has 0 saturated heterocycles. The molecular weight excluding hydrogens is 156 g/mol. The number of carbonyl (C=O) groups excluding carboxylic acids is 2. The van der Waals surface area contributed by atoms with Crippen LogP contribution in [-0.4, -0.2) is 19.6 Å². The fourth-order valence-corrected chi connectivity index (χ4v) is 4.38. The minimum Gasteiger partial charge on any atom is -0.291 e. The van der Waals surface area contributed by atoms with Crippen LogP contribution in [0.25, 0.3) is 0 Å². The van der Waals surface area contributed by atoms with E-state index >= 15 is 0 Å². The third-order valence-electron chi connectivity index (χ3n) is 2.37. The average molecular weight is 170 g/mol. The van der Waals surface area contributed by atoms with Crippen LogP contribution in [0.5, 0.6) is 0 Å². The lowest BCUT2D eigenvalue weighted by atomic mass is 9.83. The summed E-state index contributed by atoms with van der Waals surface area (Å²) in [5.74, 6) is -0.261. The van der Waals surface area contributed by atoms with Gasteiger partial charge in [-0.25, -0.2) is 0 Å². The van der Waals surface area contributed by atoms with Crippen molar-refractivity contribution in [3.8, 4) is 0 Å². The molecule has 2 atom stereocenters. The zero-order chi connectivity index (χ0) is 8.81. The third-order valence-corrected chi connectivity index (χ3v) is 5.00. The lowest BCUT2D eigenvalue weighted by Crippen LogP contribution is -2.53. The Morgan fingerprint density at radius 1 is 1.09 bits per heavy atom. The van der Waals surface area contributed by atoms with Crippen molar-refractivity contribution >= 4 is 19.6 Å². The Balaban J connectivity index is 2.79. The molecule has 0 aromatic heterocycles. The largest absolute Gasteiger partial charge is 0.291 e. The van der Waals surface area contributed by atoms with Gasteiger partial charge in [-0.05, 0) is 0 Å². The monoisotopic (exact) mass is 170 g/mol. The Kier molecular flexibility index (Phi) is 1.79. The summed E-state index contributed by atoms with van der Waals surface area (Å²) in [5, 5.41) is 0. The summed E-state index contributed by atoms with van der Waals surface area (Å²) in [7, 11) is -1.41. The topological polar surface area (TPSA) is 34.1 Å². The summed E-state index contributed by atoms with van der Waals surface area (Å²) in [6.45, 7) is 8.28. The molecule has 2 unspecified atom stereocenters. The zero-order valence-electron chi connectivity index (χ0n) is 7.47. The standard InChI is InChI=1S/C8H14O2Si/c1-5-6(9)7(10)8(5)11(2,3)4/h5,8H,1-4H3. The van der Waals surface area contributed by atoms with Gasteiger partial charge in [0.2, 0.25) is 5.78 Å². The Bertz CT molecular complexity index is 215. The maximum absolute atomic E-state index is 11.1. The number of hydrogen-bond acceptors (Lipinski definition) is 2. The highest BCUT2D eigenvalue weighted by Gasteiger charge is 2.52. The fraction of sp³-hybridized carbons (Fsp3) is 0.750. The molecule has 1 rings (SSSR count). The van der Waals surface area contributed by atoms with Crippen LogP contribution >= 0.6 is 0 Å². The second-order valence-corrected chi connectivity index (χ2v) is 9.71. The molecule has 0 heterocycles. The SMILES string of the molecule is CC1C(=O)C(=O)C1[Si](C)(C)C. The van der Waals surface area contributed by atoms with E-state index in [0.29, 0.717) is 0 Å². The minimum absolute atomic E-state index is 0.00849. The van der Waals surface area contributed by atoms with E-state index in [9.17, 15) is 9.59 Å². The van der Waals surface area contributed by atoms with Crippen LogP contribution < -0.4 is 0 Å². The van der Waals surface area contributed by atoms with E-state index in [1.54, 1.807) is 0 Å². The Hall–Kier alpha value is -0.443. The van der Waals surface area contributed by atoms with Gasteiger partial charge in [0.1, 0.15) is 0 Å². The van der Waals surface area contributed by atoms with Crippen molar-refractivity contribution in [1.82, 2.24) is 0 Å². The van der Waals surface area contributed by atoms with Gasteiger partial charge in [-0.2, -0.15) is 0 Å². The average Bonchev–Trinajstić information content (AvgIpc) is 1.85. The molecule has 0 bridgehead atoms. The van der Waals surface area contributed by atoms with Crippen LogP contribution in [0.2, 0.25) is 25.2 Å². The lowest BCUT2D eigenvalue weighted by Gasteiger charge is -2.38. The van der Waals surface area contributed by atoms with Crippen LogP contribution in [0.1, 0.15) is 6.92 Å². The molecule has 0 N–H and O–H groups in total. The van der Waals surface area contributed by atoms with Gasteiger partial charge in [-0.1, -0.05) is 26.6 Å². The number of ketones is 2. The summed E-state index contributed by atoms with van der Waals surface area (Å²) in [6, 6.07) is 0. The molecule has 1 aliphatic carbocycles. The highest BCUT2D eigenvalue weighted by atomic mass is 28.3. The predicted octanol–water partition coefficient (Wildman–Crippen LogP) is 1.48. The predicted molar refractivity (Wildman–Crippen MR) is 46.3 cm³/mol. The molecule has 11 heavy (non-hydrogen) atoms. The third kappa shape index (κ3) is 1.17. The van der Waals surface area contributed by atoms with E-state index in [1.165, 1.54) is 0 Å². The first-order valence-corrected chi connectivity index (χ1v) is 7.51. The van der Waals surface area contributed by atoms with Crippen LogP contribution in [0.4, 0.5) is 0 Å².